The number of halogens is 1. The maximum atomic E-state index is 12.9. The predicted octanol–water partition coefficient (Wildman–Crippen LogP) is 2.09. The number of nitrogens with zero attached hydrogens (tertiary/aromatic N) is 2. The second-order valence-electron chi connectivity index (χ2n) is 5.00. The van der Waals surface area contributed by atoms with Gasteiger partial charge in [-0.15, -0.1) is 0 Å². The lowest BCUT2D eigenvalue weighted by Gasteiger charge is -2.16. The molecule has 0 bridgehead atoms. The summed E-state index contributed by atoms with van der Waals surface area (Å²) >= 11 is 0. The van der Waals surface area contributed by atoms with Gasteiger partial charge in [-0.3, -0.25) is 4.79 Å². The number of likely N-dealkylation sites (tertiary alicyclic amines) is 1. The molecule has 0 spiro atoms. The molecule has 0 aromatic carbocycles. The number of amides is 1. The Morgan fingerprint density at radius 3 is 2.88 bits per heavy atom. The first kappa shape index (κ1) is 10.7. The average Bonchev–Trinajstić information content (AvgIpc) is 3.07. The average molecular weight is 234 g/mol. The van der Waals surface area contributed by atoms with Crippen LogP contribution in [0.1, 0.15) is 29.6 Å². The molecule has 0 N–H and O–H groups in total. The molecule has 1 saturated heterocycles. The molecule has 3 rings (SSSR count). The van der Waals surface area contributed by atoms with Crippen molar-refractivity contribution in [2.24, 2.45) is 11.8 Å². The van der Waals surface area contributed by atoms with E-state index >= 15 is 0 Å². The van der Waals surface area contributed by atoms with Gasteiger partial charge < -0.3 is 4.90 Å². The van der Waals surface area contributed by atoms with Crippen molar-refractivity contribution in [1.29, 1.82) is 0 Å². The monoisotopic (exact) mass is 234 g/mol. The van der Waals surface area contributed by atoms with Crippen molar-refractivity contribution >= 4 is 5.91 Å². The van der Waals surface area contributed by atoms with Gasteiger partial charge in [-0.25, -0.2) is 4.98 Å². The van der Waals surface area contributed by atoms with Crippen LogP contribution in [0.3, 0.4) is 0 Å². The van der Waals surface area contributed by atoms with Crippen LogP contribution in [-0.2, 0) is 0 Å². The van der Waals surface area contributed by atoms with Crippen LogP contribution in [0.4, 0.5) is 4.39 Å². The minimum atomic E-state index is -0.589. The van der Waals surface area contributed by atoms with E-state index in [2.05, 4.69) is 4.98 Å². The molecule has 17 heavy (non-hydrogen) atoms. The second-order valence-corrected chi connectivity index (χ2v) is 5.00. The number of pyridine rings is 1. The highest BCUT2D eigenvalue weighted by Crippen LogP contribution is 2.41. The number of aromatic nitrogens is 1. The lowest BCUT2D eigenvalue weighted by atomic mass is 10.0. The summed E-state index contributed by atoms with van der Waals surface area (Å²) in [6.07, 6.45) is 5.08. The Hall–Kier alpha value is -1.45. The molecule has 2 fully saturated rings. The Kier molecular flexibility index (Phi) is 2.57. The van der Waals surface area contributed by atoms with Crippen molar-refractivity contribution in [3.63, 3.8) is 0 Å². The van der Waals surface area contributed by atoms with Gasteiger partial charge in [0, 0.05) is 30.9 Å². The zero-order chi connectivity index (χ0) is 11.8. The van der Waals surface area contributed by atoms with Crippen molar-refractivity contribution in [3.05, 3.63) is 29.8 Å². The van der Waals surface area contributed by atoms with E-state index < -0.39 is 5.95 Å². The molecule has 1 saturated carbocycles. The quantitative estimate of drug-likeness (QED) is 0.734. The number of carbonyl (C=O) groups is 1. The molecule has 1 unspecified atom stereocenters. The minimum Gasteiger partial charge on any atom is -0.338 e. The van der Waals surface area contributed by atoms with Crippen molar-refractivity contribution in [3.8, 4) is 0 Å². The highest BCUT2D eigenvalue weighted by atomic mass is 19.1. The van der Waals surface area contributed by atoms with Crippen LogP contribution < -0.4 is 0 Å². The molecule has 4 heteroatoms. The summed E-state index contributed by atoms with van der Waals surface area (Å²) in [7, 11) is 0. The standard InChI is InChI=1S/C13H15FN2O/c14-12-7-10(3-5-15-12)13(17)16-6-4-11(8-16)9-1-2-9/h3,5,7,9,11H,1-2,4,6,8H2. The molecular formula is C13H15FN2O. The van der Waals surface area contributed by atoms with Gasteiger partial charge in [0.25, 0.3) is 5.91 Å². The Morgan fingerprint density at radius 2 is 2.18 bits per heavy atom. The van der Waals surface area contributed by atoms with Crippen molar-refractivity contribution < 1.29 is 9.18 Å². The third kappa shape index (κ3) is 2.16. The Morgan fingerprint density at radius 1 is 1.35 bits per heavy atom. The molecule has 3 nitrogen and oxygen atoms in total. The SMILES string of the molecule is O=C(c1ccnc(F)c1)N1CCC(C2CC2)C1. The third-order valence-corrected chi connectivity index (χ3v) is 3.77. The molecule has 1 aliphatic carbocycles. The van der Waals surface area contributed by atoms with Crippen LogP contribution in [0.25, 0.3) is 0 Å². The summed E-state index contributed by atoms with van der Waals surface area (Å²) in [4.78, 5) is 17.4. The van der Waals surface area contributed by atoms with Gasteiger partial charge in [0.1, 0.15) is 0 Å². The molecule has 2 aliphatic rings. The van der Waals surface area contributed by atoms with Gasteiger partial charge in [-0.2, -0.15) is 4.39 Å². The Bertz CT molecular complexity index is 445. The summed E-state index contributed by atoms with van der Waals surface area (Å²) in [6.45, 7) is 1.65. The van der Waals surface area contributed by atoms with Crippen LogP contribution >= 0.6 is 0 Å². The molecule has 1 aromatic heterocycles. The van der Waals surface area contributed by atoms with E-state index in [9.17, 15) is 9.18 Å². The zero-order valence-electron chi connectivity index (χ0n) is 9.60. The topological polar surface area (TPSA) is 33.2 Å². The number of carbonyl (C=O) groups excluding carboxylic acids is 1. The predicted molar refractivity (Wildman–Crippen MR) is 60.9 cm³/mol. The molecular weight excluding hydrogens is 219 g/mol. The fraction of sp³-hybridized carbons (Fsp3) is 0.538. The fourth-order valence-electron chi connectivity index (χ4n) is 2.64. The van der Waals surface area contributed by atoms with Crippen LogP contribution in [0.15, 0.2) is 18.3 Å². The van der Waals surface area contributed by atoms with Gasteiger partial charge in [0.15, 0.2) is 0 Å². The van der Waals surface area contributed by atoms with Crippen molar-refractivity contribution in [2.75, 3.05) is 13.1 Å². The fourth-order valence-corrected chi connectivity index (χ4v) is 2.64. The molecule has 1 aromatic rings. The minimum absolute atomic E-state index is 0.0607. The highest BCUT2D eigenvalue weighted by molar-refractivity contribution is 5.94. The summed E-state index contributed by atoms with van der Waals surface area (Å²) in [5.74, 6) is 0.857. The van der Waals surface area contributed by atoms with Crippen LogP contribution in [-0.4, -0.2) is 28.9 Å². The van der Waals surface area contributed by atoms with E-state index in [0.717, 1.165) is 25.4 Å². The van der Waals surface area contributed by atoms with E-state index in [1.165, 1.54) is 25.1 Å². The van der Waals surface area contributed by atoms with Crippen LogP contribution in [0.5, 0.6) is 0 Å². The molecule has 1 aliphatic heterocycles. The highest BCUT2D eigenvalue weighted by Gasteiger charge is 2.37. The van der Waals surface area contributed by atoms with Crippen molar-refractivity contribution in [2.45, 2.75) is 19.3 Å². The number of hydrogen-bond acceptors (Lipinski definition) is 2. The summed E-state index contributed by atoms with van der Waals surface area (Å²) in [6, 6.07) is 2.79. The zero-order valence-corrected chi connectivity index (χ0v) is 9.60. The Labute approximate surface area is 99.6 Å². The van der Waals surface area contributed by atoms with E-state index in [-0.39, 0.29) is 5.91 Å². The Balaban J connectivity index is 1.70. The first-order valence-corrected chi connectivity index (χ1v) is 6.15. The van der Waals surface area contributed by atoms with E-state index in [4.69, 9.17) is 0 Å². The second kappa shape index (κ2) is 4.09. The molecule has 1 atom stereocenters. The van der Waals surface area contributed by atoms with E-state index in [0.29, 0.717) is 11.5 Å². The maximum Gasteiger partial charge on any atom is 0.254 e. The van der Waals surface area contributed by atoms with E-state index in [1.807, 2.05) is 4.90 Å². The normalized spacial score (nSPS) is 24.1. The third-order valence-electron chi connectivity index (χ3n) is 3.77. The van der Waals surface area contributed by atoms with Gasteiger partial charge >= 0.3 is 0 Å². The van der Waals surface area contributed by atoms with Gasteiger partial charge in [-0.05, 0) is 37.2 Å². The lowest BCUT2D eigenvalue weighted by molar-refractivity contribution is 0.0785. The van der Waals surface area contributed by atoms with Gasteiger partial charge in [-0.1, -0.05) is 0 Å². The molecule has 90 valence electrons. The van der Waals surface area contributed by atoms with Crippen LogP contribution in [0, 0.1) is 17.8 Å². The molecule has 1 amide bonds. The molecule has 0 radical (unpaired) electrons. The van der Waals surface area contributed by atoms with Crippen LogP contribution in [0.2, 0.25) is 0 Å². The first-order valence-electron chi connectivity index (χ1n) is 6.15. The van der Waals surface area contributed by atoms with Gasteiger partial charge in [0.05, 0.1) is 0 Å². The lowest BCUT2D eigenvalue weighted by Crippen LogP contribution is -2.29. The first-order chi connectivity index (χ1) is 8.24. The van der Waals surface area contributed by atoms with E-state index in [1.54, 1.807) is 6.07 Å². The van der Waals surface area contributed by atoms with Crippen molar-refractivity contribution in [1.82, 2.24) is 9.88 Å². The molecule has 2 heterocycles. The largest absolute Gasteiger partial charge is 0.338 e. The van der Waals surface area contributed by atoms with Gasteiger partial charge in [0.2, 0.25) is 5.95 Å². The number of hydrogen-bond donors (Lipinski definition) is 0. The number of rotatable bonds is 2. The summed E-state index contributed by atoms with van der Waals surface area (Å²) in [5.41, 5.74) is 0.411. The summed E-state index contributed by atoms with van der Waals surface area (Å²) < 4.78 is 12.9. The smallest absolute Gasteiger partial charge is 0.254 e. The maximum absolute atomic E-state index is 12.9. The summed E-state index contributed by atoms with van der Waals surface area (Å²) in [5, 5.41) is 0.